The maximum atomic E-state index is 10.6. The van der Waals surface area contributed by atoms with E-state index in [1.807, 2.05) is 0 Å². The van der Waals surface area contributed by atoms with Gasteiger partial charge in [0.1, 0.15) is 6.29 Å². The minimum atomic E-state index is 0.305. The number of rotatable bonds is 2. The monoisotopic (exact) mass is 222 g/mol. The Bertz CT molecular complexity index is 263. The van der Waals surface area contributed by atoms with Gasteiger partial charge in [-0.25, -0.2) is 0 Å². The Kier molecular flexibility index (Phi) is 5.86. The molecule has 0 amide bonds. The smallest absolute Gasteiger partial charge is 0.123 e. The molecular weight excluding hydrogens is 200 g/mol. The van der Waals surface area contributed by atoms with Crippen LogP contribution in [0.1, 0.15) is 25.7 Å². The molecule has 3 nitrogen and oxygen atoms in total. The van der Waals surface area contributed by atoms with Crippen molar-refractivity contribution in [1.82, 2.24) is 4.90 Å². The average molecular weight is 222 g/mol. The molecule has 1 saturated heterocycles. The molecule has 90 valence electrons. The van der Waals surface area contributed by atoms with Crippen LogP contribution < -0.4 is 5.73 Å². The fraction of sp³-hybridized carbons (Fsp3) is 0.615. The van der Waals surface area contributed by atoms with Crippen molar-refractivity contribution < 1.29 is 4.79 Å². The summed E-state index contributed by atoms with van der Waals surface area (Å²) in [4.78, 5) is 13.0. The lowest BCUT2D eigenvalue weighted by atomic mass is 9.97. The highest BCUT2D eigenvalue weighted by Gasteiger charge is 2.19. The lowest BCUT2D eigenvalue weighted by Gasteiger charge is -2.33. The van der Waals surface area contributed by atoms with Gasteiger partial charge in [-0.1, -0.05) is 12.2 Å². The summed E-state index contributed by atoms with van der Waals surface area (Å²) in [5.41, 5.74) is 5.86. The van der Waals surface area contributed by atoms with Crippen LogP contribution in [0.5, 0.6) is 0 Å². The van der Waals surface area contributed by atoms with E-state index in [4.69, 9.17) is 0 Å². The van der Waals surface area contributed by atoms with Crippen LogP contribution in [0.2, 0.25) is 0 Å². The zero-order valence-electron chi connectivity index (χ0n) is 10.1. The predicted octanol–water partition coefficient (Wildman–Crippen LogP) is 1.71. The molecule has 0 aromatic heterocycles. The van der Waals surface area contributed by atoms with Crippen LogP contribution in [0.15, 0.2) is 23.9 Å². The summed E-state index contributed by atoms with van der Waals surface area (Å²) in [6.45, 7) is 2.08. The van der Waals surface area contributed by atoms with Crippen molar-refractivity contribution in [2.75, 3.05) is 20.1 Å². The number of hydrogen-bond donors (Lipinski definition) is 1. The standard InChI is InChI=1S/C12H17NO.CH5N/c14-10-11-6-8-13(9-7-11)12-4-2-1-3-5-12;1-2/h2,4-5,10-11H,1,3,6-9H2;2H2,1H3. The van der Waals surface area contributed by atoms with Gasteiger partial charge in [-0.15, -0.1) is 0 Å². The van der Waals surface area contributed by atoms with Crippen LogP contribution in [0.4, 0.5) is 0 Å². The van der Waals surface area contributed by atoms with Crippen molar-refractivity contribution in [3.63, 3.8) is 0 Å². The first-order valence-corrected chi connectivity index (χ1v) is 6.05. The third-order valence-corrected chi connectivity index (χ3v) is 3.07. The third-order valence-electron chi connectivity index (χ3n) is 3.07. The predicted molar refractivity (Wildman–Crippen MR) is 66.9 cm³/mol. The van der Waals surface area contributed by atoms with Crippen LogP contribution in [0, 0.1) is 5.92 Å². The van der Waals surface area contributed by atoms with Crippen molar-refractivity contribution in [3.05, 3.63) is 23.9 Å². The summed E-state index contributed by atoms with van der Waals surface area (Å²) < 4.78 is 0. The molecule has 16 heavy (non-hydrogen) atoms. The number of piperidine rings is 1. The molecule has 0 saturated carbocycles. The van der Waals surface area contributed by atoms with Gasteiger partial charge < -0.3 is 15.4 Å². The quantitative estimate of drug-likeness (QED) is 0.723. The molecule has 1 aliphatic heterocycles. The van der Waals surface area contributed by atoms with E-state index in [-0.39, 0.29) is 0 Å². The molecular formula is C13H22N2O. The molecule has 0 spiro atoms. The molecule has 3 heteroatoms. The van der Waals surface area contributed by atoms with Gasteiger partial charge in [0.05, 0.1) is 0 Å². The Morgan fingerprint density at radius 3 is 2.50 bits per heavy atom. The zero-order chi connectivity index (χ0) is 11.8. The van der Waals surface area contributed by atoms with Gasteiger partial charge in [-0.3, -0.25) is 0 Å². The summed E-state index contributed by atoms with van der Waals surface area (Å²) in [7, 11) is 1.50. The highest BCUT2D eigenvalue weighted by Crippen LogP contribution is 2.21. The number of likely N-dealkylation sites (tertiary alicyclic amines) is 1. The molecule has 0 unspecified atom stereocenters. The van der Waals surface area contributed by atoms with Gasteiger partial charge in [0.15, 0.2) is 0 Å². The molecule has 0 aromatic rings. The van der Waals surface area contributed by atoms with Gasteiger partial charge in [0.2, 0.25) is 0 Å². The molecule has 1 aliphatic carbocycles. The van der Waals surface area contributed by atoms with Crippen molar-refractivity contribution in [1.29, 1.82) is 0 Å². The van der Waals surface area contributed by atoms with E-state index in [2.05, 4.69) is 28.9 Å². The van der Waals surface area contributed by atoms with Crippen molar-refractivity contribution in [2.24, 2.45) is 11.7 Å². The summed E-state index contributed by atoms with van der Waals surface area (Å²) >= 11 is 0. The number of allylic oxidation sites excluding steroid dienone is 3. The lowest BCUT2D eigenvalue weighted by Crippen LogP contribution is -2.33. The van der Waals surface area contributed by atoms with Gasteiger partial charge in [-0.2, -0.15) is 0 Å². The van der Waals surface area contributed by atoms with Crippen molar-refractivity contribution >= 4 is 6.29 Å². The topological polar surface area (TPSA) is 46.3 Å². The molecule has 1 fully saturated rings. The normalized spacial score (nSPS) is 20.9. The first kappa shape index (κ1) is 13.0. The minimum Gasteiger partial charge on any atom is -0.372 e. The number of aldehydes is 1. The molecule has 0 atom stereocenters. The Morgan fingerprint density at radius 2 is 2.00 bits per heavy atom. The van der Waals surface area contributed by atoms with Crippen LogP contribution >= 0.6 is 0 Å². The molecule has 0 aromatic carbocycles. The van der Waals surface area contributed by atoms with Crippen LogP contribution in [0.3, 0.4) is 0 Å². The minimum absolute atomic E-state index is 0.305. The van der Waals surface area contributed by atoms with Gasteiger partial charge in [0, 0.05) is 24.7 Å². The zero-order valence-corrected chi connectivity index (χ0v) is 10.1. The number of hydrogen-bond acceptors (Lipinski definition) is 3. The lowest BCUT2D eigenvalue weighted by molar-refractivity contribution is -0.112. The van der Waals surface area contributed by atoms with Crippen LogP contribution in [0.25, 0.3) is 0 Å². The number of nitrogens with zero attached hydrogens (tertiary/aromatic N) is 1. The highest BCUT2D eigenvalue weighted by molar-refractivity contribution is 5.53. The summed E-state index contributed by atoms with van der Waals surface area (Å²) in [5.74, 6) is 0.305. The Labute approximate surface area is 98.0 Å². The van der Waals surface area contributed by atoms with Gasteiger partial charge in [0.25, 0.3) is 0 Å². The van der Waals surface area contributed by atoms with Crippen molar-refractivity contribution in [3.8, 4) is 0 Å². The Hall–Kier alpha value is -1.09. The van der Waals surface area contributed by atoms with E-state index in [1.54, 1.807) is 0 Å². The highest BCUT2D eigenvalue weighted by atomic mass is 16.1. The van der Waals surface area contributed by atoms with E-state index in [0.717, 1.165) is 32.2 Å². The third kappa shape index (κ3) is 3.49. The first-order chi connectivity index (χ1) is 7.90. The largest absolute Gasteiger partial charge is 0.372 e. The molecule has 0 bridgehead atoms. The van der Waals surface area contributed by atoms with Crippen molar-refractivity contribution in [2.45, 2.75) is 25.7 Å². The molecule has 2 rings (SSSR count). The van der Waals surface area contributed by atoms with E-state index in [9.17, 15) is 4.79 Å². The Morgan fingerprint density at radius 1 is 1.31 bits per heavy atom. The van der Waals surface area contributed by atoms with Crippen LogP contribution in [-0.2, 0) is 4.79 Å². The molecule has 2 N–H and O–H groups in total. The second kappa shape index (κ2) is 7.23. The molecule has 1 heterocycles. The van der Waals surface area contributed by atoms with E-state index >= 15 is 0 Å². The molecule has 2 aliphatic rings. The number of carbonyl (C=O) groups is 1. The number of carbonyl (C=O) groups excluding carboxylic acids is 1. The maximum absolute atomic E-state index is 10.6. The maximum Gasteiger partial charge on any atom is 0.123 e. The second-order valence-corrected chi connectivity index (χ2v) is 4.07. The summed E-state index contributed by atoms with van der Waals surface area (Å²) in [6, 6.07) is 0. The second-order valence-electron chi connectivity index (χ2n) is 4.07. The first-order valence-electron chi connectivity index (χ1n) is 6.05. The fourth-order valence-electron chi connectivity index (χ4n) is 2.13. The van der Waals surface area contributed by atoms with E-state index < -0.39 is 0 Å². The van der Waals surface area contributed by atoms with E-state index in [1.165, 1.54) is 25.6 Å². The summed E-state index contributed by atoms with van der Waals surface area (Å²) in [6.07, 6.45) is 12.3. The SMILES string of the molecule is CN.O=CC1CCN(C2=CCCC=C2)CC1. The fourth-order valence-corrected chi connectivity index (χ4v) is 2.13. The summed E-state index contributed by atoms with van der Waals surface area (Å²) in [5, 5.41) is 0. The average Bonchev–Trinajstić information content (AvgIpc) is 2.42. The number of nitrogens with two attached hydrogens (primary N) is 1. The molecule has 0 radical (unpaired) electrons. The van der Waals surface area contributed by atoms with Gasteiger partial charge in [-0.05, 0) is 38.8 Å². The van der Waals surface area contributed by atoms with Crippen LogP contribution in [-0.4, -0.2) is 31.3 Å². The van der Waals surface area contributed by atoms with E-state index in [0.29, 0.717) is 5.92 Å². The van der Waals surface area contributed by atoms with Gasteiger partial charge >= 0.3 is 0 Å². The Balaban J connectivity index is 0.000000606.